The minimum absolute atomic E-state index is 0.0443. The zero-order chi connectivity index (χ0) is 14.4. The van der Waals surface area contributed by atoms with Gasteiger partial charge in [-0.15, -0.1) is 0 Å². The molecule has 1 aromatic heterocycles. The van der Waals surface area contributed by atoms with Crippen LogP contribution in [0.2, 0.25) is 5.02 Å². The van der Waals surface area contributed by atoms with E-state index in [4.69, 9.17) is 11.6 Å². The Kier molecular flexibility index (Phi) is 5.03. The minimum Gasteiger partial charge on any atom is -0.312 e. The average Bonchev–Trinajstić information content (AvgIpc) is 2.45. The van der Waals surface area contributed by atoms with E-state index in [1.54, 1.807) is 18.3 Å². The summed E-state index contributed by atoms with van der Waals surface area (Å²) in [7, 11) is 0. The van der Waals surface area contributed by atoms with Gasteiger partial charge in [-0.05, 0) is 24.3 Å². The number of benzene rings is 1. The van der Waals surface area contributed by atoms with Crippen LogP contribution in [0.3, 0.4) is 0 Å². The molecule has 0 aliphatic heterocycles. The second kappa shape index (κ2) is 6.98. The Morgan fingerprint density at radius 1 is 1.30 bits per heavy atom. The summed E-state index contributed by atoms with van der Waals surface area (Å²) in [6, 6.07) is 10.5. The van der Waals surface area contributed by atoms with Crippen molar-refractivity contribution in [2.45, 2.75) is 13.0 Å². The Balaban J connectivity index is 1.90. The molecule has 0 aliphatic carbocycles. The van der Waals surface area contributed by atoms with E-state index in [1.807, 2.05) is 18.2 Å². The fourth-order valence-corrected chi connectivity index (χ4v) is 2.01. The van der Waals surface area contributed by atoms with Crippen molar-refractivity contribution in [3.63, 3.8) is 0 Å². The third-order valence-corrected chi connectivity index (χ3v) is 3.08. The number of nitrogens with one attached hydrogen (secondary N) is 1. The first-order valence-corrected chi connectivity index (χ1v) is 6.58. The molecule has 2 aromatic rings. The lowest BCUT2D eigenvalue weighted by atomic mass is 10.2. The molecular weight excluding hydrogens is 278 g/mol. The number of rotatable bonds is 6. The van der Waals surface area contributed by atoms with Gasteiger partial charge in [-0.3, -0.25) is 15.1 Å². The quantitative estimate of drug-likeness (QED) is 0.505. The summed E-state index contributed by atoms with van der Waals surface area (Å²) in [4.78, 5) is 14.7. The SMILES string of the molecule is O=[N+]([O-])c1cc(Cl)ccc1CNCCc1ccccn1. The number of nitro benzene ring substituents is 1. The zero-order valence-electron chi connectivity index (χ0n) is 10.8. The lowest BCUT2D eigenvalue weighted by Crippen LogP contribution is -2.17. The molecule has 0 aliphatic rings. The monoisotopic (exact) mass is 291 g/mol. The first-order valence-electron chi connectivity index (χ1n) is 6.20. The van der Waals surface area contributed by atoms with Crippen molar-refractivity contribution < 1.29 is 4.92 Å². The highest BCUT2D eigenvalue weighted by atomic mass is 35.5. The largest absolute Gasteiger partial charge is 0.312 e. The lowest BCUT2D eigenvalue weighted by Gasteiger charge is -2.06. The molecule has 0 radical (unpaired) electrons. The van der Waals surface area contributed by atoms with E-state index in [1.165, 1.54) is 6.07 Å². The molecule has 20 heavy (non-hydrogen) atoms. The summed E-state index contributed by atoms with van der Waals surface area (Å²) < 4.78 is 0. The number of nitro groups is 1. The van der Waals surface area contributed by atoms with Crippen LogP contribution in [0, 0.1) is 10.1 Å². The normalized spacial score (nSPS) is 10.4. The molecule has 0 unspecified atom stereocenters. The standard InChI is InChI=1S/C14H14ClN3O2/c15-12-5-4-11(14(9-12)18(19)20)10-16-8-6-13-3-1-2-7-17-13/h1-5,7,9,16H,6,8,10H2. The van der Waals surface area contributed by atoms with Crippen LogP contribution in [0.5, 0.6) is 0 Å². The molecule has 6 heteroatoms. The number of aromatic nitrogens is 1. The van der Waals surface area contributed by atoms with Crippen molar-refractivity contribution in [2.75, 3.05) is 6.54 Å². The fourth-order valence-electron chi connectivity index (χ4n) is 1.84. The maximum Gasteiger partial charge on any atom is 0.275 e. The van der Waals surface area contributed by atoms with Gasteiger partial charge in [0, 0.05) is 48.1 Å². The van der Waals surface area contributed by atoms with Crippen LogP contribution in [0.25, 0.3) is 0 Å². The Morgan fingerprint density at radius 2 is 2.15 bits per heavy atom. The van der Waals surface area contributed by atoms with Gasteiger partial charge in [-0.25, -0.2) is 0 Å². The predicted octanol–water partition coefficient (Wildman–Crippen LogP) is 2.98. The first-order chi connectivity index (χ1) is 9.66. The molecule has 0 atom stereocenters. The van der Waals surface area contributed by atoms with E-state index in [0.29, 0.717) is 23.7 Å². The zero-order valence-corrected chi connectivity index (χ0v) is 11.5. The van der Waals surface area contributed by atoms with Gasteiger partial charge >= 0.3 is 0 Å². The molecule has 1 aromatic carbocycles. The lowest BCUT2D eigenvalue weighted by molar-refractivity contribution is -0.385. The maximum atomic E-state index is 10.9. The van der Waals surface area contributed by atoms with E-state index in [2.05, 4.69) is 10.3 Å². The van der Waals surface area contributed by atoms with Crippen molar-refractivity contribution in [1.82, 2.24) is 10.3 Å². The van der Waals surface area contributed by atoms with Crippen molar-refractivity contribution in [3.05, 3.63) is 69.0 Å². The molecule has 0 saturated carbocycles. The van der Waals surface area contributed by atoms with Crippen LogP contribution in [0.1, 0.15) is 11.3 Å². The van der Waals surface area contributed by atoms with Gasteiger partial charge in [0.25, 0.3) is 5.69 Å². The number of hydrogen-bond donors (Lipinski definition) is 1. The van der Waals surface area contributed by atoms with Gasteiger partial charge in [-0.2, -0.15) is 0 Å². The van der Waals surface area contributed by atoms with Crippen LogP contribution >= 0.6 is 11.6 Å². The van der Waals surface area contributed by atoms with Crippen LogP contribution < -0.4 is 5.32 Å². The fraction of sp³-hybridized carbons (Fsp3) is 0.214. The molecule has 1 N–H and O–H groups in total. The summed E-state index contributed by atoms with van der Waals surface area (Å²) in [6.45, 7) is 1.14. The Labute approximate surface area is 121 Å². The Bertz CT molecular complexity index is 590. The molecular formula is C14H14ClN3O2. The summed E-state index contributed by atoms with van der Waals surface area (Å²) in [5, 5.41) is 14.5. The topological polar surface area (TPSA) is 68.1 Å². The molecule has 0 fully saturated rings. The van der Waals surface area contributed by atoms with E-state index in [9.17, 15) is 10.1 Å². The summed E-state index contributed by atoms with van der Waals surface area (Å²) >= 11 is 5.77. The number of halogens is 1. The van der Waals surface area contributed by atoms with Crippen LogP contribution in [0.4, 0.5) is 5.69 Å². The van der Waals surface area contributed by atoms with Crippen LogP contribution in [0.15, 0.2) is 42.6 Å². The highest BCUT2D eigenvalue weighted by molar-refractivity contribution is 6.30. The van der Waals surface area contributed by atoms with E-state index >= 15 is 0 Å². The van der Waals surface area contributed by atoms with Crippen LogP contribution in [-0.4, -0.2) is 16.5 Å². The molecule has 0 saturated heterocycles. The first kappa shape index (κ1) is 14.4. The van der Waals surface area contributed by atoms with Crippen molar-refractivity contribution in [2.24, 2.45) is 0 Å². The minimum atomic E-state index is -0.415. The summed E-state index contributed by atoms with van der Waals surface area (Å²) in [5.41, 5.74) is 1.66. The third-order valence-electron chi connectivity index (χ3n) is 2.84. The van der Waals surface area contributed by atoms with Gasteiger partial charge < -0.3 is 5.32 Å². The van der Waals surface area contributed by atoms with Crippen molar-refractivity contribution in [3.8, 4) is 0 Å². The number of pyridine rings is 1. The van der Waals surface area contributed by atoms with Crippen molar-refractivity contribution >= 4 is 17.3 Å². The second-order valence-electron chi connectivity index (χ2n) is 4.28. The Hall–Kier alpha value is -1.98. The summed E-state index contributed by atoms with van der Waals surface area (Å²) in [6.07, 6.45) is 2.53. The average molecular weight is 292 g/mol. The second-order valence-corrected chi connectivity index (χ2v) is 4.71. The molecule has 0 bridgehead atoms. The highest BCUT2D eigenvalue weighted by Crippen LogP contribution is 2.22. The maximum absolute atomic E-state index is 10.9. The van der Waals surface area contributed by atoms with Crippen LogP contribution in [-0.2, 0) is 13.0 Å². The third kappa shape index (κ3) is 4.01. The smallest absolute Gasteiger partial charge is 0.275 e. The van der Waals surface area contributed by atoms with Gasteiger partial charge in [0.15, 0.2) is 0 Å². The Morgan fingerprint density at radius 3 is 2.85 bits per heavy atom. The molecule has 0 spiro atoms. The molecule has 2 rings (SSSR count). The van der Waals surface area contributed by atoms with Crippen molar-refractivity contribution in [1.29, 1.82) is 0 Å². The molecule has 104 valence electrons. The molecule has 0 amide bonds. The van der Waals surface area contributed by atoms with Gasteiger partial charge in [0.2, 0.25) is 0 Å². The molecule has 1 heterocycles. The predicted molar refractivity (Wildman–Crippen MR) is 77.8 cm³/mol. The highest BCUT2D eigenvalue weighted by Gasteiger charge is 2.13. The number of hydrogen-bond acceptors (Lipinski definition) is 4. The van der Waals surface area contributed by atoms with E-state index in [-0.39, 0.29) is 5.69 Å². The van der Waals surface area contributed by atoms with E-state index in [0.717, 1.165) is 12.1 Å². The molecule has 5 nitrogen and oxygen atoms in total. The number of nitrogens with zero attached hydrogens (tertiary/aromatic N) is 2. The summed E-state index contributed by atoms with van der Waals surface area (Å²) in [5.74, 6) is 0. The van der Waals surface area contributed by atoms with Gasteiger partial charge in [0.1, 0.15) is 0 Å². The van der Waals surface area contributed by atoms with Gasteiger partial charge in [-0.1, -0.05) is 17.7 Å². The van der Waals surface area contributed by atoms with E-state index < -0.39 is 4.92 Å². The van der Waals surface area contributed by atoms with Gasteiger partial charge in [0.05, 0.1) is 4.92 Å².